The lowest BCUT2D eigenvalue weighted by Gasteiger charge is -2.27. The van der Waals surface area contributed by atoms with Crippen LogP contribution in [0, 0.1) is 5.92 Å². The zero-order chi connectivity index (χ0) is 11.8. The van der Waals surface area contributed by atoms with Gasteiger partial charge in [0.2, 0.25) is 0 Å². The minimum Gasteiger partial charge on any atom is -0.320 e. The molecular weight excluding hydrogens is 196 g/mol. The fourth-order valence-electron chi connectivity index (χ4n) is 2.86. The number of nitrogens with zero attached hydrogens (tertiary/aromatic N) is 1. The summed E-state index contributed by atoms with van der Waals surface area (Å²) in [4.78, 5) is 2.70. The lowest BCUT2D eigenvalue weighted by molar-refractivity contribution is 0.204. The summed E-state index contributed by atoms with van der Waals surface area (Å²) in [5.74, 6) is 1.01. The van der Waals surface area contributed by atoms with E-state index in [0.717, 1.165) is 18.5 Å². The maximum atomic E-state index is 3.26. The normalized spacial score (nSPS) is 25.3. The number of rotatable bonds is 6. The van der Waals surface area contributed by atoms with Crippen LogP contribution in [-0.4, -0.2) is 37.6 Å². The highest BCUT2D eigenvalue weighted by atomic mass is 15.1. The van der Waals surface area contributed by atoms with Crippen LogP contribution in [0.2, 0.25) is 0 Å². The summed E-state index contributed by atoms with van der Waals surface area (Å²) in [6, 6.07) is 0.757. The van der Waals surface area contributed by atoms with Gasteiger partial charge >= 0.3 is 0 Å². The largest absolute Gasteiger partial charge is 0.320 e. The molecule has 1 N–H and O–H groups in total. The van der Waals surface area contributed by atoms with Gasteiger partial charge < -0.3 is 10.2 Å². The SMILES string of the molecule is CCCC1CCCN(C(C)CCNC)CC1. The highest BCUT2D eigenvalue weighted by Gasteiger charge is 2.19. The van der Waals surface area contributed by atoms with E-state index in [1.807, 2.05) is 7.05 Å². The molecule has 0 aromatic carbocycles. The molecule has 2 heteroatoms. The number of hydrogen-bond donors (Lipinski definition) is 1. The Morgan fingerprint density at radius 3 is 2.81 bits per heavy atom. The zero-order valence-corrected chi connectivity index (χ0v) is 11.5. The van der Waals surface area contributed by atoms with E-state index in [4.69, 9.17) is 0 Å². The van der Waals surface area contributed by atoms with Gasteiger partial charge in [-0.05, 0) is 65.2 Å². The molecule has 1 heterocycles. The van der Waals surface area contributed by atoms with Crippen molar-refractivity contribution in [1.29, 1.82) is 0 Å². The first-order valence-corrected chi connectivity index (χ1v) is 7.16. The third-order valence-electron chi connectivity index (χ3n) is 4.01. The molecule has 1 aliphatic rings. The summed E-state index contributed by atoms with van der Waals surface area (Å²) >= 11 is 0. The van der Waals surface area contributed by atoms with E-state index < -0.39 is 0 Å². The topological polar surface area (TPSA) is 15.3 Å². The van der Waals surface area contributed by atoms with Gasteiger partial charge in [-0.2, -0.15) is 0 Å². The first kappa shape index (κ1) is 14.0. The highest BCUT2D eigenvalue weighted by molar-refractivity contribution is 4.74. The Morgan fingerprint density at radius 2 is 2.12 bits per heavy atom. The fraction of sp³-hybridized carbons (Fsp3) is 1.00. The Balaban J connectivity index is 2.28. The lowest BCUT2D eigenvalue weighted by Crippen LogP contribution is -2.35. The molecule has 0 radical (unpaired) electrons. The predicted molar refractivity (Wildman–Crippen MR) is 71.8 cm³/mol. The van der Waals surface area contributed by atoms with Gasteiger partial charge in [-0.1, -0.05) is 19.8 Å². The molecule has 16 heavy (non-hydrogen) atoms. The van der Waals surface area contributed by atoms with Crippen molar-refractivity contribution < 1.29 is 0 Å². The van der Waals surface area contributed by atoms with Crippen LogP contribution in [0.3, 0.4) is 0 Å². The maximum Gasteiger partial charge on any atom is 0.00790 e. The van der Waals surface area contributed by atoms with Gasteiger partial charge in [0.15, 0.2) is 0 Å². The molecule has 2 unspecified atom stereocenters. The van der Waals surface area contributed by atoms with Crippen molar-refractivity contribution in [2.24, 2.45) is 5.92 Å². The summed E-state index contributed by atoms with van der Waals surface area (Å²) in [7, 11) is 2.05. The molecule has 0 aliphatic carbocycles. The van der Waals surface area contributed by atoms with Gasteiger partial charge in [-0.25, -0.2) is 0 Å². The van der Waals surface area contributed by atoms with Gasteiger partial charge in [0.25, 0.3) is 0 Å². The molecule has 0 amide bonds. The van der Waals surface area contributed by atoms with E-state index in [1.54, 1.807) is 0 Å². The first-order chi connectivity index (χ1) is 7.77. The molecule has 1 rings (SSSR count). The molecule has 1 aliphatic heterocycles. The minimum absolute atomic E-state index is 0.757. The minimum atomic E-state index is 0.757. The van der Waals surface area contributed by atoms with Crippen molar-refractivity contribution in [3.8, 4) is 0 Å². The summed E-state index contributed by atoms with van der Waals surface area (Å²) in [5, 5.41) is 3.26. The van der Waals surface area contributed by atoms with Crippen LogP contribution in [0.15, 0.2) is 0 Å². The average molecular weight is 226 g/mol. The van der Waals surface area contributed by atoms with Gasteiger partial charge in [-0.3, -0.25) is 0 Å². The van der Waals surface area contributed by atoms with Gasteiger partial charge in [0, 0.05) is 6.04 Å². The molecule has 0 aromatic heterocycles. The summed E-state index contributed by atoms with van der Waals surface area (Å²) in [6.45, 7) is 8.51. The van der Waals surface area contributed by atoms with Gasteiger partial charge in [0.05, 0.1) is 0 Å². The maximum absolute atomic E-state index is 3.26. The number of nitrogens with one attached hydrogen (secondary N) is 1. The predicted octanol–water partition coefficient (Wildman–Crippen LogP) is 2.89. The second kappa shape index (κ2) is 8.08. The average Bonchev–Trinajstić information content (AvgIpc) is 2.52. The summed E-state index contributed by atoms with van der Waals surface area (Å²) < 4.78 is 0. The van der Waals surface area contributed by atoms with Crippen molar-refractivity contribution in [3.63, 3.8) is 0 Å². The summed E-state index contributed by atoms with van der Waals surface area (Å²) in [5.41, 5.74) is 0. The number of likely N-dealkylation sites (tertiary alicyclic amines) is 1. The Hall–Kier alpha value is -0.0800. The van der Waals surface area contributed by atoms with Crippen molar-refractivity contribution in [2.75, 3.05) is 26.7 Å². The van der Waals surface area contributed by atoms with Crippen molar-refractivity contribution >= 4 is 0 Å². The smallest absolute Gasteiger partial charge is 0.00790 e. The third-order valence-corrected chi connectivity index (χ3v) is 4.01. The molecule has 2 atom stereocenters. The van der Waals surface area contributed by atoms with E-state index >= 15 is 0 Å². The van der Waals surface area contributed by atoms with E-state index in [-0.39, 0.29) is 0 Å². The third kappa shape index (κ3) is 4.84. The second-order valence-electron chi connectivity index (χ2n) is 5.36. The van der Waals surface area contributed by atoms with Crippen LogP contribution in [0.1, 0.15) is 52.4 Å². The van der Waals surface area contributed by atoms with Crippen LogP contribution < -0.4 is 5.32 Å². The first-order valence-electron chi connectivity index (χ1n) is 7.16. The van der Waals surface area contributed by atoms with Crippen molar-refractivity contribution in [3.05, 3.63) is 0 Å². The van der Waals surface area contributed by atoms with Crippen LogP contribution in [-0.2, 0) is 0 Å². The molecule has 0 aromatic rings. The Morgan fingerprint density at radius 1 is 1.31 bits per heavy atom. The van der Waals surface area contributed by atoms with Gasteiger partial charge in [-0.15, -0.1) is 0 Å². The fourth-order valence-corrected chi connectivity index (χ4v) is 2.86. The van der Waals surface area contributed by atoms with Crippen molar-refractivity contribution in [1.82, 2.24) is 10.2 Å². The van der Waals surface area contributed by atoms with Crippen LogP contribution in [0.5, 0.6) is 0 Å². The molecule has 2 nitrogen and oxygen atoms in total. The Bertz CT molecular complexity index is 170. The molecule has 0 saturated carbocycles. The highest BCUT2D eigenvalue weighted by Crippen LogP contribution is 2.23. The van der Waals surface area contributed by atoms with E-state index in [1.165, 1.54) is 51.6 Å². The van der Waals surface area contributed by atoms with Crippen molar-refractivity contribution in [2.45, 2.75) is 58.4 Å². The van der Waals surface area contributed by atoms with Gasteiger partial charge in [0.1, 0.15) is 0 Å². The Labute approximate surface area is 102 Å². The number of hydrogen-bond acceptors (Lipinski definition) is 2. The van der Waals surface area contributed by atoms with Crippen LogP contribution >= 0.6 is 0 Å². The van der Waals surface area contributed by atoms with Crippen LogP contribution in [0.25, 0.3) is 0 Å². The molecule has 96 valence electrons. The second-order valence-corrected chi connectivity index (χ2v) is 5.36. The monoisotopic (exact) mass is 226 g/mol. The van der Waals surface area contributed by atoms with Crippen LogP contribution in [0.4, 0.5) is 0 Å². The van der Waals surface area contributed by atoms with E-state index in [2.05, 4.69) is 24.1 Å². The summed E-state index contributed by atoms with van der Waals surface area (Å²) in [6.07, 6.45) is 8.39. The zero-order valence-electron chi connectivity index (χ0n) is 11.5. The standard InChI is InChI=1S/C14H30N2/c1-4-6-14-7-5-11-16(12-9-14)13(2)8-10-15-3/h13-15H,4-12H2,1-3H3. The van der Waals surface area contributed by atoms with E-state index in [9.17, 15) is 0 Å². The molecule has 0 bridgehead atoms. The quantitative estimate of drug-likeness (QED) is 0.749. The molecule has 1 fully saturated rings. The Kier molecular flexibility index (Phi) is 7.06. The lowest BCUT2D eigenvalue weighted by atomic mass is 9.96. The van der Waals surface area contributed by atoms with E-state index in [0.29, 0.717) is 0 Å². The molecule has 0 spiro atoms. The molecule has 1 saturated heterocycles. The molecular formula is C14H30N2.